The number of carbonyl (C=O) groups is 1. The first-order valence-electron chi connectivity index (χ1n) is 6.03. The van der Waals surface area contributed by atoms with Crippen LogP contribution in [0.5, 0.6) is 0 Å². The molecular weight excluding hydrogens is 273 g/mol. The lowest BCUT2D eigenvalue weighted by Gasteiger charge is -2.36. The first-order chi connectivity index (χ1) is 9.08. The molecule has 0 unspecified atom stereocenters. The molecule has 0 aliphatic carbocycles. The number of nitrogens with one attached hydrogen (secondary N) is 1. The lowest BCUT2D eigenvalue weighted by molar-refractivity contribution is 0.0125. The summed E-state index contributed by atoms with van der Waals surface area (Å²) in [6.07, 6.45) is 1.03. The van der Waals surface area contributed by atoms with Gasteiger partial charge in [-0.05, 0) is 25.0 Å². The molecule has 1 amide bonds. The summed E-state index contributed by atoms with van der Waals surface area (Å²) in [4.78, 5) is 12.1. The van der Waals surface area contributed by atoms with Crippen molar-refractivity contribution in [2.75, 3.05) is 19.8 Å². The molecule has 2 rings (SSSR count). The molecule has 0 aromatic heterocycles. The van der Waals surface area contributed by atoms with Gasteiger partial charge in [0.05, 0.1) is 22.7 Å². The third kappa shape index (κ3) is 3.05. The Balaban J connectivity index is 2.17. The molecule has 0 radical (unpaired) electrons. The number of hydrogen-bond acceptors (Lipinski definition) is 3. The second-order valence-electron chi connectivity index (χ2n) is 4.61. The molecule has 0 saturated carbocycles. The second kappa shape index (κ2) is 5.86. The minimum Gasteiger partial charge on any atom is -0.394 e. The van der Waals surface area contributed by atoms with Gasteiger partial charge < -0.3 is 15.2 Å². The van der Waals surface area contributed by atoms with E-state index in [9.17, 15) is 14.3 Å². The van der Waals surface area contributed by atoms with Crippen LogP contribution in [0.3, 0.4) is 0 Å². The number of amides is 1. The topological polar surface area (TPSA) is 58.6 Å². The van der Waals surface area contributed by atoms with E-state index in [-0.39, 0.29) is 17.2 Å². The lowest BCUT2D eigenvalue weighted by Crippen LogP contribution is -2.54. The second-order valence-corrected chi connectivity index (χ2v) is 4.98. The zero-order valence-electron chi connectivity index (χ0n) is 10.3. The number of carbonyl (C=O) groups excluding carboxylic acids is 1. The first-order valence-corrected chi connectivity index (χ1v) is 6.41. The van der Waals surface area contributed by atoms with Crippen LogP contribution in [0.25, 0.3) is 0 Å². The summed E-state index contributed by atoms with van der Waals surface area (Å²) in [7, 11) is 0. The Bertz CT molecular complexity index is 475. The Kier molecular flexibility index (Phi) is 4.39. The quantitative estimate of drug-likeness (QED) is 0.890. The molecule has 104 valence electrons. The van der Waals surface area contributed by atoms with Gasteiger partial charge in [-0.1, -0.05) is 17.7 Å². The number of rotatable bonds is 3. The summed E-state index contributed by atoms with van der Waals surface area (Å²) in [5, 5.41) is 12.0. The van der Waals surface area contributed by atoms with Gasteiger partial charge in [0.2, 0.25) is 0 Å². The van der Waals surface area contributed by atoms with Crippen molar-refractivity contribution in [2.24, 2.45) is 0 Å². The van der Waals surface area contributed by atoms with E-state index < -0.39 is 17.3 Å². The molecule has 1 fully saturated rings. The smallest absolute Gasteiger partial charge is 0.253 e. The van der Waals surface area contributed by atoms with Crippen molar-refractivity contribution < 1.29 is 19.0 Å². The fraction of sp³-hybridized carbons (Fsp3) is 0.462. The van der Waals surface area contributed by atoms with Crippen molar-refractivity contribution in [1.29, 1.82) is 0 Å². The predicted octanol–water partition coefficient (Wildman–Crippen LogP) is 1.75. The van der Waals surface area contributed by atoms with Crippen LogP contribution in [-0.4, -0.2) is 36.4 Å². The molecule has 1 aliphatic heterocycles. The Hall–Kier alpha value is -1.17. The molecule has 2 N–H and O–H groups in total. The third-order valence-electron chi connectivity index (χ3n) is 3.33. The third-order valence-corrected chi connectivity index (χ3v) is 3.71. The zero-order chi connectivity index (χ0) is 13.9. The molecule has 1 aliphatic rings. The lowest BCUT2D eigenvalue weighted by atomic mass is 9.90. The molecule has 1 aromatic rings. The van der Waals surface area contributed by atoms with Crippen LogP contribution >= 0.6 is 11.6 Å². The number of halogens is 2. The van der Waals surface area contributed by atoms with E-state index in [4.69, 9.17) is 16.3 Å². The van der Waals surface area contributed by atoms with Crippen LogP contribution in [0, 0.1) is 5.82 Å². The van der Waals surface area contributed by atoms with E-state index in [0.29, 0.717) is 26.1 Å². The maximum Gasteiger partial charge on any atom is 0.253 e. The summed E-state index contributed by atoms with van der Waals surface area (Å²) >= 11 is 5.77. The molecule has 0 atom stereocenters. The van der Waals surface area contributed by atoms with Crippen LogP contribution in [0.4, 0.5) is 4.39 Å². The highest BCUT2D eigenvalue weighted by Crippen LogP contribution is 2.23. The summed E-state index contributed by atoms with van der Waals surface area (Å²) in [6.45, 7) is 0.754. The average Bonchev–Trinajstić information content (AvgIpc) is 2.42. The Morgan fingerprint density at radius 3 is 2.79 bits per heavy atom. The van der Waals surface area contributed by atoms with Gasteiger partial charge in [0.25, 0.3) is 5.91 Å². The Labute approximate surface area is 115 Å². The summed E-state index contributed by atoms with van der Waals surface area (Å²) in [5.41, 5.74) is -0.647. The highest BCUT2D eigenvalue weighted by atomic mass is 35.5. The van der Waals surface area contributed by atoms with Crippen molar-refractivity contribution in [3.05, 3.63) is 34.6 Å². The average molecular weight is 288 g/mol. The zero-order valence-corrected chi connectivity index (χ0v) is 11.0. The van der Waals surface area contributed by atoms with Crippen LogP contribution in [0.2, 0.25) is 5.02 Å². The van der Waals surface area contributed by atoms with Crippen LogP contribution in [-0.2, 0) is 4.74 Å². The molecule has 19 heavy (non-hydrogen) atoms. The molecule has 0 bridgehead atoms. The summed E-state index contributed by atoms with van der Waals surface area (Å²) in [5.74, 6) is -1.13. The van der Waals surface area contributed by atoms with Gasteiger partial charge in [0.1, 0.15) is 5.82 Å². The molecular formula is C13H15ClFNO3. The molecule has 6 heteroatoms. The molecule has 1 saturated heterocycles. The van der Waals surface area contributed by atoms with E-state index in [1.165, 1.54) is 18.2 Å². The first kappa shape index (κ1) is 14.2. The normalized spacial score (nSPS) is 18.1. The minimum atomic E-state index is -0.717. The standard InChI is InChI=1S/C13H15ClFNO3/c14-11-9(2-1-3-10(11)15)12(18)16-13(8-17)4-6-19-7-5-13/h1-3,17H,4-8H2,(H,16,18). The highest BCUT2D eigenvalue weighted by molar-refractivity contribution is 6.34. The maximum atomic E-state index is 13.3. The molecule has 1 heterocycles. The summed E-state index contributed by atoms with van der Waals surface area (Å²) in [6, 6.07) is 4.06. The highest BCUT2D eigenvalue weighted by Gasteiger charge is 2.34. The van der Waals surface area contributed by atoms with E-state index in [1.807, 2.05) is 0 Å². The number of ether oxygens (including phenoxy) is 1. The van der Waals surface area contributed by atoms with Crippen LogP contribution < -0.4 is 5.32 Å². The SMILES string of the molecule is O=C(NC1(CO)CCOCC1)c1cccc(F)c1Cl. The van der Waals surface area contributed by atoms with E-state index in [1.54, 1.807) is 0 Å². The van der Waals surface area contributed by atoms with Gasteiger partial charge in [0.15, 0.2) is 0 Å². The van der Waals surface area contributed by atoms with Crippen molar-refractivity contribution in [3.8, 4) is 0 Å². The van der Waals surface area contributed by atoms with Crippen molar-refractivity contribution in [3.63, 3.8) is 0 Å². The predicted molar refractivity (Wildman–Crippen MR) is 68.7 cm³/mol. The minimum absolute atomic E-state index is 0.0704. The molecule has 0 spiro atoms. The maximum absolute atomic E-state index is 13.3. The number of hydrogen-bond donors (Lipinski definition) is 2. The van der Waals surface area contributed by atoms with E-state index in [2.05, 4.69) is 5.32 Å². The van der Waals surface area contributed by atoms with Gasteiger partial charge in [-0.25, -0.2) is 4.39 Å². The summed E-state index contributed by atoms with van der Waals surface area (Å²) < 4.78 is 18.5. The monoisotopic (exact) mass is 287 g/mol. The van der Waals surface area contributed by atoms with E-state index >= 15 is 0 Å². The Morgan fingerprint density at radius 2 is 2.16 bits per heavy atom. The van der Waals surface area contributed by atoms with Gasteiger partial charge in [-0.2, -0.15) is 0 Å². The number of aliphatic hydroxyl groups excluding tert-OH is 1. The van der Waals surface area contributed by atoms with Crippen molar-refractivity contribution in [2.45, 2.75) is 18.4 Å². The van der Waals surface area contributed by atoms with Gasteiger partial charge in [-0.15, -0.1) is 0 Å². The molecule has 1 aromatic carbocycles. The fourth-order valence-electron chi connectivity index (χ4n) is 2.07. The number of aliphatic hydroxyl groups is 1. The van der Waals surface area contributed by atoms with Crippen molar-refractivity contribution >= 4 is 17.5 Å². The van der Waals surface area contributed by atoms with Crippen LogP contribution in [0.15, 0.2) is 18.2 Å². The number of benzene rings is 1. The molecule has 4 nitrogen and oxygen atoms in total. The van der Waals surface area contributed by atoms with Crippen LogP contribution in [0.1, 0.15) is 23.2 Å². The Morgan fingerprint density at radius 1 is 1.47 bits per heavy atom. The fourth-order valence-corrected chi connectivity index (χ4v) is 2.28. The largest absolute Gasteiger partial charge is 0.394 e. The van der Waals surface area contributed by atoms with Gasteiger partial charge in [-0.3, -0.25) is 4.79 Å². The van der Waals surface area contributed by atoms with E-state index in [0.717, 1.165) is 0 Å². The van der Waals surface area contributed by atoms with Crippen molar-refractivity contribution in [1.82, 2.24) is 5.32 Å². The van der Waals surface area contributed by atoms with Gasteiger partial charge in [0, 0.05) is 13.2 Å². The van der Waals surface area contributed by atoms with Gasteiger partial charge >= 0.3 is 0 Å².